The van der Waals surface area contributed by atoms with Gasteiger partial charge in [-0.2, -0.15) is 0 Å². The van der Waals surface area contributed by atoms with E-state index in [2.05, 4.69) is 5.32 Å². The minimum atomic E-state index is -0.365. The lowest BCUT2D eigenvalue weighted by Gasteiger charge is -2.22. The fourth-order valence-corrected chi connectivity index (χ4v) is 2.77. The van der Waals surface area contributed by atoms with Crippen molar-refractivity contribution in [1.29, 1.82) is 0 Å². The van der Waals surface area contributed by atoms with Gasteiger partial charge < -0.3 is 10.2 Å². The molecule has 126 valence electrons. The van der Waals surface area contributed by atoms with E-state index in [0.717, 1.165) is 5.56 Å². The van der Waals surface area contributed by atoms with Crippen molar-refractivity contribution in [3.05, 3.63) is 57.0 Å². The third kappa shape index (κ3) is 4.63. The maximum Gasteiger partial charge on any atom is 0.244 e. The highest BCUT2D eigenvalue weighted by Gasteiger charge is 2.18. The maximum absolute atomic E-state index is 12.3. The number of rotatable bonds is 4. The molecule has 0 aliphatic carbocycles. The topological polar surface area (TPSA) is 49.4 Å². The van der Waals surface area contributed by atoms with Crippen LogP contribution in [-0.2, 0) is 9.59 Å². The van der Waals surface area contributed by atoms with Crippen molar-refractivity contribution in [3.8, 4) is 0 Å². The normalized spacial score (nSPS) is 10.4. The summed E-state index contributed by atoms with van der Waals surface area (Å²) in [6.45, 7) is 3.05. The summed E-state index contributed by atoms with van der Waals surface area (Å²) in [7, 11) is 0. The Morgan fingerprint density at radius 3 is 2.33 bits per heavy atom. The van der Waals surface area contributed by atoms with E-state index >= 15 is 0 Å². The van der Waals surface area contributed by atoms with Gasteiger partial charge in [0, 0.05) is 22.7 Å². The van der Waals surface area contributed by atoms with Crippen LogP contribution in [0.2, 0.25) is 15.1 Å². The molecule has 0 saturated heterocycles. The molecule has 4 nitrogen and oxygen atoms in total. The van der Waals surface area contributed by atoms with Crippen LogP contribution >= 0.6 is 34.8 Å². The molecule has 0 fully saturated rings. The van der Waals surface area contributed by atoms with Crippen molar-refractivity contribution in [2.24, 2.45) is 0 Å². The molecule has 0 spiro atoms. The van der Waals surface area contributed by atoms with Crippen molar-refractivity contribution >= 4 is 58.0 Å². The number of nitrogens with one attached hydrogen (secondary N) is 1. The van der Waals surface area contributed by atoms with E-state index in [-0.39, 0.29) is 18.4 Å². The number of carbonyl (C=O) groups is 2. The summed E-state index contributed by atoms with van der Waals surface area (Å²) >= 11 is 18.0. The second-order valence-corrected chi connectivity index (χ2v) is 6.46. The Morgan fingerprint density at radius 2 is 1.75 bits per heavy atom. The van der Waals surface area contributed by atoms with Crippen molar-refractivity contribution in [2.45, 2.75) is 13.8 Å². The van der Waals surface area contributed by atoms with E-state index in [1.165, 1.54) is 17.9 Å². The van der Waals surface area contributed by atoms with Gasteiger partial charge in [0.1, 0.15) is 6.54 Å². The minimum Gasteiger partial charge on any atom is -0.324 e. The average Bonchev–Trinajstić information content (AvgIpc) is 2.49. The maximum atomic E-state index is 12.3. The van der Waals surface area contributed by atoms with Crippen LogP contribution in [0.15, 0.2) is 36.4 Å². The molecule has 7 heteroatoms. The van der Waals surface area contributed by atoms with Crippen LogP contribution in [0.5, 0.6) is 0 Å². The molecule has 0 bridgehead atoms. The Bertz CT molecular complexity index is 793. The van der Waals surface area contributed by atoms with E-state index in [1.54, 1.807) is 30.3 Å². The summed E-state index contributed by atoms with van der Waals surface area (Å²) in [6.07, 6.45) is 0. The van der Waals surface area contributed by atoms with E-state index in [1.807, 2.05) is 6.92 Å². The quantitative estimate of drug-likeness (QED) is 0.810. The molecule has 0 atom stereocenters. The molecule has 1 N–H and O–H groups in total. The van der Waals surface area contributed by atoms with Crippen molar-refractivity contribution < 1.29 is 9.59 Å². The Hall–Kier alpha value is -1.75. The van der Waals surface area contributed by atoms with Crippen molar-refractivity contribution in [1.82, 2.24) is 0 Å². The SMILES string of the molecule is CC(=O)N(CC(=O)Nc1ccc(C)c(Cl)c1)c1ccc(Cl)cc1Cl. The Kier molecular flexibility index (Phi) is 6.10. The largest absolute Gasteiger partial charge is 0.324 e. The molecule has 2 amide bonds. The van der Waals surface area contributed by atoms with E-state index in [4.69, 9.17) is 34.8 Å². The minimum absolute atomic E-state index is 0.178. The first kappa shape index (κ1) is 18.6. The lowest BCUT2D eigenvalue weighted by atomic mass is 10.2. The Balaban J connectivity index is 2.16. The second-order valence-electron chi connectivity index (χ2n) is 5.21. The highest BCUT2D eigenvalue weighted by Crippen LogP contribution is 2.29. The highest BCUT2D eigenvalue weighted by molar-refractivity contribution is 6.36. The smallest absolute Gasteiger partial charge is 0.244 e. The highest BCUT2D eigenvalue weighted by atomic mass is 35.5. The first-order valence-corrected chi connectivity index (χ1v) is 8.20. The van der Waals surface area contributed by atoms with Gasteiger partial charge >= 0.3 is 0 Å². The van der Waals surface area contributed by atoms with Gasteiger partial charge in [-0.05, 0) is 42.8 Å². The molecule has 2 rings (SSSR count). The number of nitrogens with zero attached hydrogens (tertiary/aromatic N) is 1. The molecule has 0 aliphatic heterocycles. The number of amides is 2. The van der Waals surface area contributed by atoms with Gasteiger partial charge in [-0.3, -0.25) is 9.59 Å². The van der Waals surface area contributed by atoms with Gasteiger partial charge in [-0.15, -0.1) is 0 Å². The molecule has 0 saturated carbocycles. The molecule has 24 heavy (non-hydrogen) atoms. The molecular weight excluding hydrogens is 371 g/mol. The van der Waals surface area contributed by atoms with Gasteiger partial charge in [0.25, 0.3) is 0 Å². The third-order valence-electron chi connectivity index (χ3n) is 3.34. The van der Waals surface area contributed by atoms with Crippen LogP contribution < -0.4 is 10.2 Å². The van der Waals surface area contributed by atoms with Gasteiger partial charge in [-0.25, -0.2) is 0 Å². The monoisotopic (exact) mass is 384 g/mol. The lowest BCUT2D eigenvalue weighted by Crippen LogP contribution is -2.36. The molecule has 0 aliphatic rings. The molecule has 0 unspecified atom stereocenters. The zero-order valence-corrected chi connectivity index (χ0v) is 15.3. The third-order valence-corrected chi connectivity index (χ3v) is 4.28. The molecule has 2 aromatic rings. The number of aryl methyl sites for hydroxylation is 1. The molecular formula is C17H15Cl3N2O2. The first-order valence-electron chi connectivity index (χ1n) is 7.07. The van der Waals surface area contributed by atoms with Crippen LogP contribution in [0.25, 0.3) is 0 Å². The summed E-state index contributed by atoms with van der Waals surface area (Å²) in [6, 6.07) is 9.93. The zero-order valence-electron chi connectivity index (χ0n) is 13.1. The van der Waals surface area contributed by atoms with Crippen LogP contribution in [0.1, 0.15) is 12.5 Å². The van der Waals surface area contributed by atoms with Gasteiger partial charge in [0.15, 0.2) is 0 Å². The zero-order chi connectivity index (χ0) is 17.9. The summed E-state index contributed by atoms with van der Waals surface area (Å²) < 4.78 is 0. The van der Waals surface area contributed by atoms with E-state index in [9.17, 15) is 9.59 Å². The number of hydrogen-bond donors (Lipinski definition) is 1. The van der Waals surface area contributed by atoms with E-state index in [0.29, 0.717) is 26.4 Å². The first-order chi connectivity index (χ1) is 11.3. The number of hydrogen-bond acceptors (Lipinski definition) is 2. The fourth-order valence-electron chi connectivity index (χ4n) is 2.08. The summed E-state index contributed by atoms with van der Waals surface area (Å²) in [5.41, 5.74) is 1.89. The molecule has 2 aromatic carbocycles. The van der Waals surface area contributed by atoms with Crippen molar-refractivity contribution in [2.75, 3.05) is 16.8 Å². The van der Waals surface area contributed by atoms with Crippen LogP contribution in [-0.4, -0.2) is 18.4 Å². The van der Waals surface area contributed by atoms with Gasteiger partial charge in [0.2, 0.25) is 11.8 Å². The van der Waals surface area contributed by atoms with Crippen LogP contribution in [0.3, 0.4) is 0 Å². The Morgan fingerprint density at radius 1 is 1.04 bits per heavy atom. The number of anilines is 2. The number of benzene rings is 2. The number of carbonyl (C=O) groups excluding carboxylic acids is 2. The molecule has 0 heterocycles. The second kappa shape index (κ2) is 7.88. The Labute approximate surface area is 155 Å². The van der Waals surface area contributed by atoms with Gasteiger partial charge in [-0.1, -0.05) is 40.9 Å². The average molecular weight is 386 g/mol. The summed E-state index contributed by atoms with van der Waals surface area (Å²) in [5, 5.41) is 4.01. The predicted octanol–water partition coefficient (Wildman–Crippen LogP) is 4.95. The van der Waals surface area contributed by atoms with E-state index < -0.39 is 0 Å². The predicted molar refractivity (Wildman–Crippen MR) is 99.3 cm³/mol. The van der Waals surface area contributed by atoms with Gasteiger partial charge in [0.05, 0.1) is 10.7 Å². The lowest BCUT2D eigenvalue weighted by molar-refractivity contribution is -0.120. The van der Waals surface area contributed by atoms with Crippen LogP contribution in [0.4, 0.5) is 11.4 Å². The fraction of sp³-hybridized carbons (Fsp3) is 0.176. The summed E-state index contributed by atoms with van der Waals surface area (Å²) in [5.74, 6) is -0.674. The molecule has 0 aromatic heterocycles. The summed E-state index contributed by atoms with van der Waals surface area (Å²) in [4.78, 5) is 25.4. The van der Waals surface area contributed by atoms with Crippen molar-refractivity contribution in [3.63, 3.8) is 0 Å². The van der Waals surface area contributed by atoms with Crippen LogP contribution in [0, 0.1) is 6.92 Å². The standard InChI is InChI=1S/C17H15Cl3N2O2/c1-10-3-5-13(8-14(10)19)21-17(24)9-22(11(2)23)16-6-4-12(18)7-15(16)20/h3-8H,9H2,1-2H3,(H,21,24). The molecule has 0 radical (unpaired) electrons. The number of halogens is 3.